The van der Waals surface area contributed by atoms with Crippen molar-refractivity contribution >= 4 is 12.2 Å². The van der Waals surface area contributed by atoms with E-state index in [0.717, 1.165) is 23.4 Å². The number of hydrogen-bond acceptors (Lipinski definition) is 4. The van der Waals surface area contributed by atoms with Crippen LogP contribution in [0.15, 0.2) is 59.8 Å². The van der Waals surface area contributed by atoms with E-state index in [9.17, 15) is 13.2 Å². The molecule has 0 bridgehead atoms. The molecule has 2 aromatic carbocycles. The number of alkyl halides is 3. The number of nitrogens with two attached hydrogens (primary N) is 1. The minimum absolute atomic E-state index is 0.0439. The standard InChI is InChI=1S/C19H17F3N4O/c1-13-11-26(18(23)25-13)24-10-14-5-7-17(8-6-14)27-12-15-3-2-4-16(9-15)19(20,21)22/h2-11H,12H2,1H3,(H2,23,25). The third kappa shape index (κ3) is 4.87. The average Bonchev–Trinajstić information content (AvgIpc) is 2.96. The van der Waals surface area contributed by atoms with Gasteiger partial charge in [0, 0.05) is 0 Å². The Morgan fingerprint density at radius 3 is 2.56 bits per heavy atom. The highest BCUT2D eigenvalue weighted by Gasteiger charge is 2.30. The van der Waals surface area contributed by atoms with Crippen molar-refractivity contribution in [1.29, 1.82) is 0 Å². The number of aryl methyl sites for hydroxylation is 1. The summed E-state index contributed by atoms with van der Waals surface area (Å²) in [5, 5.41) is 4.21. The van der Waals surface area contributed by atoms with Crippen molar-refractivity contribution in [2.24, 2.45) is 5.10 Å². The summed E-state index contributed by atoms with van der Waals surface area (Å²) in [6.07, 6.45) is -1.04. The third-order valence-electron chi connectivity index (χ3n) is 3.71. The maximum atomic E-state index is 12.7. The van der Waals surface area contributed by atoms with E-state index in [-0.39, 0.29) is 6.61 Å². The molecule has 3 aromatic rings. The van der Waals surface area contributed by atoms with E-state index >= 15 is 0 Å². The van der Waals surface area contributed by atoms with Crippen LogP contribution in [-0.2, 0) is 12.8 Å². The van der Waals surface area contributed by atoms with Crippen LogP contribution in [0.1, 0.15) is 22.4 Å². The van der Waals surface area contributed by atoms with Crippen LogP contribution in [0.5, 0.6) is 5.75 Å². The highest BCUT2D eigenvalue weighted by atomic mass is 19.4. The van der Waals surface area contributed by atoms with Gasteiger partial charge in [-0.2, -0.15) is 18.3 Å². The fourth-order valence-corrected chi connectivity index (χ4v) is 2.38. The van der Waals surface area contributed by atoms with E-state index in [2.05, 4.69) is 10.1 Å². The SMILES string of the molecule is Cc1cn(N=Cc2ccc(OCc3cccc(C(F)(F)F)c3)cc2)c(N)n1. The van der Waals surface area contributed by atoms with Gasteiger partial charge >= 0.3 is 6.18 Å². The number of ether oxygens (including phenoxy) is 1. The number of hydrogen-bond donors (Lipinski definition) is 1. The Balaban J connectivity index is 1.62. The zero-order chi connectivity index (χ0) is 19.4. The van der Waals surface area contributed by atoms with Gasteiger partial charge in [-0.15, -0.1) is 0 Å². The summed E-state index contributed by atoms with van der Waals surface area (Å²) in [5.74, 6) is 0.840. The van der Waals surface area contributed by atoms with E-state index in [0.29, 0.717) is 17.3 Å². The summed E-state index contributed by atoms with van der Waals surface area (Å²) in [6, 6.07) is 12.1. The van der Waals surface area contributed by atoms with Crippen LogP contribution >= 0.6 is 0 Å². The van der Waals surface area contributed by atoms with E-state index in [1.807, 2.05) is 6.92 Å². The van der Waals surface area contributed by atoms with E-state index in [1.54, 1.807) is 42.7 Å². The van der Waals surface area contributed by atoms with Crippen LogP contribution in [0.25, 0.3) is 0 Å². The van der Waals surface area contributed by atoms with Gasteiger partial charge in [-0.1, -0.05) is 12.1 Å². The van der Waals surface area contributed by atoms with Gasteiger partial charge in [0.15, 0.2) is 0 Å². The first-order valence-electron chi connectivity index (χ1n) is 8.06. The van der Waals surface area contributed by atoms with Crippen LogP contribution in [0.3, 0.4) is 0 Å². The molecule has 0 unspecified atom stereocenters. The van der Waals surface area contributed by atoms with Crippen LogP contribution in [0.4, 0.5) is 19.1 Å². The highest BCUT2D eigenvalue weighted by molar-refractivity contribution is 5.79. The van der Waals surface area contributed by atoms with Gasteiger partial charge in [-0.05, 0) is 54.4 Å². The Morgan fingerprint density at radius 2 is 1.93 bits per heavy atom. The lowest BCUT2D eigenvalue weighted by Gasteiger charge is -2.10. The summed E-state index contributed by atoms with van der Waals surface area (Å²) in [6.45, 7) is 1.86. The maximum absolute atomic E-state index is 12.7. The predicted molar refractivity (Wildman–Crippen MR) is 96.6 cm³/mol. The summed E-state index contributed by atoms with van der Waals surface area (Å²) in [5.41, 5.74) is 7.04. The zero-order valence-electron chi connectivity index (χ0n) is 14.4. The van der Waals surface area contributed by atoms with E-state index in [1.165, 1.54) is 10.7 Å². The maximum Gasteiger partial charge on any atom is 0.416 e. The number of halogens is 3. The molecule has 2 N–H and O–H groups in total. The molecular formula is C19H17F3N4O. The number of rotatable bonds is 5. The number of benzene rings is 2. The smallest absolute Gasteiger partial charge is 0.416 e. The first-order valence-corrected chi connectivity index (χ1v) is 8.06. The molecule has 140 valence electrons. The summed E-state index contributed by atoms with van der Waals surface area (Å²) in [7, 11) is 0. The predicted octanol–water partition coefficient (Wildman–Crippen LogP) is 4.25. The van der Waals surface area contributed by atoms with Crippen molar-refractivity contribution < 1.29 is 17.9 Å². The lowest BCUT2D eigenvalue weighted by atomic mass is 10.1. The fourth-order valence-electron chi connectivity index (χ4n) is 2.38. The van der Waals surface area contributed by atoms with Crippen molar-refractivity contribution in [1.82, 2.24) is 9.66 Å². The van der Waals surface area contributed by atoms with Gasteiger partial charge in [0.1, 0.15) is 12.4 Å². The fraction of sp³-hybridized carbons (Fsp3) is 0.158. The molecule has 0 saturated carbocycles. The number of imidazole rings is 1. The molecule has 1 heterocycles. The first-order chi connectivity index (χ1) is 12.8. The Hall–Kier alpha value is -3.29. The summed E-state index contributed by atoms with van der Waals surface area (Å²) < 4.78 is 45.2. The topological polar surface area (TPSA) is 65.4 Å². The number of aromatic nitrogens is 2. The Kier molecular flexibility index (Phi) is 5.16. The summed E-state index contributed by atoms with van der Waals surface area (Å²) >= 11 is 0. The monoisotopic (exact) mass is 374 g/mol. The first kappa shape index (κ1) is 18.5. The van der Waals surface area contributed by atoms with Crippen molar-refractivity contribution in [2.45, 2.75) is 19.7 Å². The molecule has 1 aromatic heterocycles. The lowest BCUT2D eigenvalue weighted by molar-refractivity contribution is -0.137. The molecule has 0 saturated heterocycles. The molecule has 0 amide bonds. The largest absolute Gasteiger partial charge is 0.489 e. The second kappa shape index (κ2) is 7.53. The molecule has 0 radical (unpaired) electrons. The summed E-state index contributed by atoms with van der Waals surface area (Å²) in [4.78, 5) is 4.05. The van der Waals surface area contributed by atoms with Gasteiger partial charge in [-0.3, -0.25) is 0 Å². The van der Waals surface area contributed by atoms with Crippen LogP contribution in [0, 0.1) is 6.92 Å². The minimum atomic E-state index is -4.37. The zero-order valence-corrected chi connectivity index (χ0v) is 14.4. The molecule has 0 atom stereocenters. The number of nitrogens with zero attached hydrogens (tertiary/aromatic N) is 3. The van der Waals surface area contributed by atoms with Crippen molar-refractivity contribution in [3.63, 3.8) is 0 Å². The Morgan fingerprint density at radius 1 is 1.19 bits per heavy atom. The van der Waals surface area contributed by atoms with Crippen LogP contribution in [-0.4, -0.2) is 15.9 Å². The van der Waals surface area contributed by atoms with Crippen molar-refractivity contribution in [3.8, 4) is 5.75 Å². The van der Waals surface area contributed by atoms with Crippen LogP contribution < -0.4 is 10.5 Å². The van der Waals surface area contributed by atoms with Crippen molar-refractivity contribution in [3.05, 3.63) is 77.1 Å². The van der Waals surface area contributed by atoms with Crippen molar-refractivity contribution in [2.75, 3.05) is 5.73 Å². The van der Waals surface area contributed by atoms with E-state index < -0.39 is 11.7 Å². The van der Waals surface area contributed by atoms with Gasteiger partial charge in [0.25, 0.3) is 0 Å². The molecule has 8 heteroatoms. The average molecular weight is 374 g/mol. The molecule has 3 rings (SSSR count). The van der Waals surface area contributed by atoms with Crippen LogP contribution in [0.2, 0.25) is 0 Å². The Bertz CT molecular complexity index is 946. The second-order valence-corrected chi connectivity index (χ2v) is 5.89. The molecule has 5 nitrogen and oxygen atoms in total. The molecule has 0 fully saturated rings. The minimum Gasteiger partial charge on any atom is -0.489 e. The lowest BCUT2D eigenvalue weighted by Crippen LogP contribution is -2.06. The number of nitrogen functional groups attached to an aromatic ring is 1. The molecule has 0 aliphatic carbocycles. The molecule has 0 aliphatic rings. The molecule has 0 spiro atoms. The Labute approximate surface area is 153 Å². The second-order valence-electron chi connectivity index (χ2n) is 5.89. The molecule has 27 heavy (non-hydrogen) atoms. The van der Waals surface area contributed by atoms with Gasteiger partial charge < -0.3 is 10.5 Å². The van der Waals surface area contributed by atoms with Gasteiger partial charge in [0.2, 0.25) is 5.95 Å². The highest BCUT2D eigenvalue weighted by Crippen LogP contribution is 2.29. The molecular weight excluding hydrogens is 357 g/mol. The number of anilines is 1. The quantitative estimate of drug-likeness (QED) is 0.679. The third-order valence-corrected chi connectivity index (χ3v) is 3.71. The normalized spacial score (nSPS) is 11.9. The van der Waals surface area contributed by atoms with Gasteiger partial charge in [-0.25, -0.2) is 9.66 Å². The van der Waals surface area contributed by atoms with Gasteiger partial charge in [0.05, 0.1) is 23.7 Å². The van der Waals surface area contributed by atoms with E-state index in [4.69, 9.17) is 10.5 Å². The molecule has 0 aliphatic heterocycles.